The zero-order valence-electron chi connectivity index (χ0n) is 19.9. The van der Waals surface area contributed by atoms with Crippen LogP contribution >= 0.6 is 11.6 Å². The molecule has 36 heavy (non-hydrogen) atoms. The molecule has 1 fully saturated rings. The summed E-state index contributed by atoms with van der Waals surface area (Å²) in [5.41, 5.74) is 2.58. The third kappa shape index (κ3) is 5.23. The van der Waals surface area contributed by atoms with Crippen molar-refractivity contribution in [3.05, 3.63) is 76.9 Å². The number of hydrogen-bond donors (Lipinski definition) is 2. The van der Waals surface area contributed by atoms with E-state index in [0.29, 0.717) is 28.4 Å². The quantitative estimate of drug-likeness (QED) is 0.393. The zero-order chi connectivity index (χ0) is 25.1. The van der Waals surface area contributed by atoms with Gasteiger partial charge in [0.25, 0.3) is 5.91 Å². The molecule has 1 amide bonds. The van der Waals surface area contributed by atoms with Crippen LogP contribution in [0.4, 0.5) is 29.3 Å². The minimum absolute atomic E-state index is 0.0276. The van der Waals surface area contributed by atoms with Crippen LogP contribution < -0.4 is 20.4 Å². The van der Waals surface area contributed by atoms with Gasteiger partial charge in [-0.05, 0) is 37.6 Å². The predicted molar refractivity (Wildman–Crippen MR) is 139 cm³/mol. The summed E-state index contributed by atoms with van der Waals surface area (Å²) in [5.74, 6) is 0.997. The van der Waals surface area contributed by atoms with E-state index in [1.54, 1.807) is 13.0 Å². The molecule has 0 bridgehead atoms. The van der Waals surface area contributed by atoms with Gasteiger partial charge in [-0.15, -0.1) is 0 Å². The number of carbonyl (C=O) groups is 1. The predicted octanol–water partition coefficient (Wildman–Crippen LogP) is 4.45. The van der Waals surface area contributed by atoms with Gasteiger partial charge in [0, 0.05) is 31.9 Å². The van der Waals surface area contributed by atoms with E-state index >= 15 is 0 Å². The van der Waals surface area contributed by atoms with Crippen molar-refractivity contribution in [2.24, 2.45) is 0 Å². The maximum absolute atomic E-state index is 12.6. The minimum atomic E-state index is -0.462. The second-order valence-electron chi connectivity index (χ2n) is 8.36. The van der Waals surface area contributed by atoms with Crippen LogP contribution in [0.1, 0.15) is 21.9 Å². The largest absolute Gasteiger partial charge is 0.418 e. The fourth-order valence-corrected chi connectivity index (χ4v) is 4.24. The molecule has 2 aromatic carbocycles. The minimum Gasteiger partial charge on any atom is -0.418 e. The van der Waals surface area contributed by atoms with Gasteiger partial charge in [0.15, 0.2) is 0 Å². The molecule has 0 unspecified atom stereocenters. The molecule has 5 rings (SSSR count). The van der Waals surface area contributed by atoms with Crippen LogP contribution in [0.3, 0.4) is 0 Å². The first-order valence-corrected chi connectivity index (χ1v) is 11.9. The van der Waals surface area contributed by atoms with Crippen LogP contribution in [0.15, 0.2) is 59.1 Å². The van der Waals surface area contributed by atoms with Gasteiger partial charge < -0.3 is 19.5 Å². The Morgan fingerprint density at radius 2 is 1.69 bits per heavy atom. The molecule has 11 heteroatoms. The highest BCUT2D eigenvalue weighted by molar-refractivity contribution is 6.34. The van der Waals surface area contributed by atoms with Crippen LogP contribution in [-0.4, -0.2) is 52.0 Å². The number of carbonyl (C=O) groups excluding carboxylic acids is 1. The lowest BCUT2D eigenvalue weighted by Gasteiger charge is -2.36. The average Bonchev–Trinajstić information content (AvgIpc) is 3.35. The number of oxazole rings is 1. The maximum atomic E-state index is 12.6. The molecule has 3 heterocycles. The fraction of sp³-hybridized carbons (Fsp3) is 0.240. The Kier molecular flexibility index (Phi) is 6.68. The Morgan fingerprint density at radius 3 is 2.44 bits per heavy atom. The molecule has 2 N–H and O–H groups in total. The van der Waals surface area contributed by atoms with Gasteiger partial charge in [-0.25, -0.2) is 4.98 Å². The number of anilines is 5. The number of halogens is 1. The third-order valence-electron chi connectivity index (χ3n) is 5.83. The fourth-order valence-electron chi connectivity index (χ4n) is 3.97. The number of benzene rings is 2. The van der Waals surface area contributed by atoms with Gasteiger partial charge in [-0.3, -0.25) is 10.1 Å². The molecular weight excluding hydrogens is 480 g/mol. The van der Waals surface area contributed by atoms with Crippen molar-refractivity contribution in [2.75, 3.05) is 46.6 Å². The number of aromatic nitrogens is 4. The zero-order valence-corrected chi connectivity index (χ0v) is 20.7. The summed E-state index contributed by atoms with van der Waals surface area (Å²) in [6.07, 6.45) is 1.33. The highest BCUT2D eigenvalue weighted by Gasteiger charge is 2.21. The molecule has 0 spiro atoms. The van der Waals surface area contributed by atoms with Crippen molar-refractivity contribution in [1.82, 2.24) is 19.9 Å². The van der Waals surface area contributed by atoms with Crippen molar-refractivity contribution < 1.29 is 9.21 Å². The summed E-state index contributed by atoms with van der Waals surface area (Å²) in [6.45, 7) is 6.94. The molecule has 10 nitrogen and oxygen atoms in total. The Morgan fingerprint density at radius 1 is 0.944 bits per heavy atom. The number of amides is 1. The molecule has 0 saturated carbocycles. The van der Waals surface area contributed by atoms with E-state index in [0.717, 1.165) is 31.7 Å². The van der Waals surface area contributed by atoms with E-state index in [-0.39, 0.29) is 11.8 Å². The Bertz CT molecular complexity index is 1350. The Balaban J connectivity index is 1.25. The molecule has 0 aliphatic carbocycles. The van der Waals surface area contributed by atoms with Crippen LogP contribution in [0.5, 0.6) is 0 Å². The summed E-state index contributed by atoms with van der Waals surface area (Å²) in [6, 6.07) is 15.8. The Labute approximate surface area is 213 Å². The first kappa shape index (κ1) is 23.6. The third-order valence-corrected chi connectivity index (χ3v) is 6.14. The van der Waals surface area contributed by atoms with E-state index in [1.165, 1.54) is 11.9 Å². The molecule has 1 aliphatic rings. The SMILES string of the molecule is Cc1nc(Nc2ncc(C(=O)Nc3c(C)cccc3Cl)o2)nc(N2CCN(c3ccccc3)CC2)n1. The molecule has 4 aromatic rings. The molecule has 2 aromatic heterocycles. The second-order valence-corrected chi connectivity index (χ2v) is 8.76. The highest BCUT2D eigenvalue weighted by Crippen LogP contribution is 2.26. The number of aryl methyl sites for hydroxylation is 2. The van der Waals surface area contributed by atoms with E-state index in [9.17, 15) is 4.79 Å². The van der Waals surface area contributed by atoms with E-state index in [2.05, 4.69) is 52.5 Å². The van der Waals surface area contributed by atoms with E-state index in [4.69, 9.17) is 16.0 Å². The van der Waals surface area contributed by atoms with Crippen LogP contribution in [0.2, 0.25) is 5.02 Å². The standard InChI is InChI=1S/C25H25ClN8O2/c1-16-7-6-10-19(26)21(16)30-22(35)20-15-27-25(36-20)32-23-28-17(2)29-24(31-23)34-13-11-33(12-14-34)18-8-4-3-5-9-18/h3-10,15H,11-14H2,1-2H3,(H,30,35)(H,27,28,29,31,32). The van der Waals surface area contributed by atoms with Gasteiger partial charge in [-0.2, -0.15) is 15.0 Å². The summed E-state index contributed by atoms with van der Waals surface area (Å²) in [4.78, 5) is 34.7. The van der Waals surface area contributed by atoms with Crippen LogP contribution in [0, 0.1) is 13.8 Å². The second kappa shape index (κ2) is 10.2. The molecule has 1 aliphatic heterocycles. The first-order chi connectivity index (χ1) is 17.5. The van der Waals surface area contributed by atoms with Crippen LogP contribution in [0.25, 0.3) is 0 Å². The van der Waals surface area contributed by atoms with Crippen molar-refractivity contribution in [3.8, 4) is 0 Å². The van der Waals surface area contributed by atoms with Gasteiger partial charge in [0.05, 0.1) is 16.9 Å². The topological polar surface area (TPSA) is 112 Å². The first-order valence-electron chi connectivity index (χ1n) is 11.5. The normalized spacial score (nSPS) is 13.5. The highest BCUT2D eigenvalue weighted by atomic mass is 35.5. The summed E-state index contributed by atoms with van der Waals surface area (Å²) in [7, 11) is 0. The lowest BCUT2D eigenvalue weighted by Crippen LogP contribution is -2.47. The van der Waals surface area contributed by atoms with Gasteiger partial charge >= 0.3 is 6.01 Å². The molecule has 0 atom stereocenters. The van der Waals surface area contributed by atoms with E-state index < -0.39 is 5.91 Å². The molecule has 0 radical (unpaired) electrons. The number of nitrogens with one attached hydrogen (secondary N) is 2. The van der Waals surface area contributed by atoms with Gasteiger partial charge in [0.2, 0.25) is 17.7 Å². The number of hydrogen-bond acceptors (Lipinski definition) is 9. The van der Waals surface area contributed by atoms with Crippen molar-refractivity contribution in [3.63, 3.8) is 0 Å². The molecular formula is C25H25ClN8O2. The van der Waals surface area contributed by atoms with Crippen molar-refractivity contribution in [1.29, 1.82) is 0 Å². The van der Waals surface area contributed by atoms with Gasteiger partial charge in [-0.1, -0.05) is 41.9 Å². The Hall–Kier alpha value is -4.18. The summed E-state index contributed by atoms with van der Waals surface area (Å²) < 4.78 is 5.59. The summed E-state index contributed by atoms with van der Waals surface area (Å²) in [5, 5.41) is 6.15. The van der Waals surface area contributed by atoms with Gasteiger partial charge in [0.1, 0.15) is 5.82 Å². The number of para-hydroxylation sites is 2. The van der Waals surface area contributed by atoms with Crippen LogP contribution in [-0.2, 0) is 0 Å². The average molecular weight is 505 g/mol. The monoisotopic (exact) mass is 504 g/mol. The smallest absolute Gasteiger partial charge is 0.302 e. The van der Waals surface area contributed by atoms with Crippen molar-refractivity contribution >= 4 is 46.8 Å². The number of rotatable bonds is 6. The van der Waals surface area contributed by atoms with Crippen molar-refractivity contribution in [2.45, 2.75) is 13.8 Å². The lowest BCUT2D eigenvalue weighted by atomic mass is 10.2. The number of piperazine rings is 1. The maximum Gasteiger partial charge on any atom is 0.302 e. The molecule has 184 valence electrons. The molecule has 1 saturated heterocycles. The summed E-state index contributed by atoms with van der Waals surface area (Å²) >= 11 is 6.20. The van der Waals surface area contributed by atoms with E-state index in [1.807, 2.05) is 37.3 Å². The lowest BCUT2D eigenvalue weighted by molar-refractivity contribution is 0.0997. The number of nitrogens with zero attached hydrogens (tertiary/aromatic N) is 6.